The molecule has 1 heterocycles. The maximum absolute atomic E-state index is 13.3. The maximum atomic E-state index is 13.3. The van der Waals surface area contributed by atoms with Crippen LogP contribution in [0.1, 0.15) is 10.4 Å². The lowest BCUT2D eigenvalue weighted by Crippen LogP contribution is -2.39. The summed E-state index contributed by atoms with van der Waals surface area (Å²) in [6, 6.07) is 2.83. The zero-order valence-corrected chi connectivity index (χ0v) is 12.1. The second kappa shape index (κ2) is 6.50. The zero-order valence-electron chi connectivity index (χ0n) is 11.3. The molecule has 0 aromatic heterocycles. The first-order valence-electron chi connectivity index (χ1n) is 6.46. The van der Waals surface area contributed by atoms with Gasteiger partial charge in [0, 0.05) is 19.6 Å². The van der Waals surface area contributed by atoms with Gasteiger partial charge in [0.15, 0.2) is 9.84 Å². The maximum Gasteiger partial charge on any atom is 0.338 e. The number of carboxylic acids is 1. The molecule has 0 radical (unpaired) electrons. The monoisotopic (exact) mass is 317 g/mol. The Morgan fingerprint density at radius 1 is 1.33 bits per heavy atom. The Morgan fingerprint density at radius 2 is 2.00 bits per heavy atom. The summed E-state index contributed by atoms with van der Waals surface area (Å²) in [5.41, 5.74) is -0.637. The smallest absolute Gasteiger partial charge is 0.338 e. The van der Waals surface area contributed by atoms with Gasteiger partial charge in [-0.25, -0.2) is 17.6 Å². The van der Waals surface area contributed by atoms with Gasteiger partial charge in [-0.2, -0.15) is 0 Å². The molecule has 1 N–H and O–H groups in total. The van der Waals surface area contributed by atoms with Crippen molar-refractivity contribution in [2.45, 2.75) is 4.90 Å². The van der Waals surface area contributed by atoms with Crippen LogP contribution in [0.3, 0.4) is 0 Å². The number of carbonyl (C=O) groups is 1. The third kappa shape index (κ3) is 3.99. The molecular formula is C13H16FNO5S. The van der Waals surface area contributed by atoms with Gasteiger partial charge in [-0.1, -0.05) is 0 Å². The van der Waals surface area contributed by atoms with E-state index < -0.39 is 27.2 Å². The highest BCUT2D eigenvalue weighted by Crippen LogP contribution is 2.17. The Labute approximate surface area is 122 Å². The Hall–Kier alpha value is -1.51. The lowest BCUT2D eigenvalue weighted by atomic mass is 10.2. The van der Waals surface area contributed by atoms with E-state index >= 15 is 0 Å². The van der Waals surface area contributed by atoms with Crippen LogP contribution in [0.5, 0.6) is 0 Å². The van der Waals surface area contributed by atoms with Crippen LogP contribution in [0.4, 0.5) is 4.39 Å². The molecule has 0 saturated carbocycles. The number of morpholine rings is 1. The minimum atomic E-state index is -3.64. The number of nitrogens with zero attached hydrogens (tertiary/aromatic N) is 1. The fourth-order valence-electron chi connectivity index (χ4n) is 2.05. The molecule has 1 aliphatic rings. The molecule has 1 aromatic carbocycles. The van der Waals surface area contributed by atoms with Crippen LogP contribution >= 0.6 is 0 Å². The van der Waals surface area contributed by atoms with Crippen LogP contribution in [0.25, 0.3) is 0 Å². The summed E-state index contributed by atoms with van der Waals surface area (Å²) >= 11 is 0. The van der Waals surface area contributed by atoms with E-state index in [1.54, 1.807) is 0 Å². The van der Waals surface area contributed by atoms with Crippen LogP contribution < -0.4 is 0 Å². The van der Waals surface area contributed by atoms with E-state index in [2.05, 4.69) is 0 Å². The Balaban J connectivity index is 2.11. The summed E-state index contributed by atoms with van der Waals surface area (Å²) in [5, 5.41) is 8.83. The molecule has 6 nitrogen and oxygen atoms in total. The Bertz CT molecular complexity index is 625. The highest BCUT2D eigenvalue weighted by Gasteiger charge is 2.21. The first kappa shape index (κ1) is 15.9. The van der Waals surface area contributed by atoms with Crippen LogP contribution in [0.15, 0.2) is 23.1 Å². The quantitative estimate of drug-likeness (QED) is 0.802. The number of benzene rings is 1. The average molecular weight is 317 g/mol. The van der Waals surface area contributed by atoms with Gasteiger partial charge in [0.25, 0.3) is 0 Å². The number of sulfone groups is 1. The molecule has 0 bridgehead atoms. The van der Waals surface area contributed by atoms with Crippen molar-refractivity contribution in [3.63, 3.8) is 0 Å². The first-order valence-corrected chi connectivity index (χ1v) is 8.11. The molecule has 0 amide bonds. The standard InChI is InChI=1S/C13H16FNO5S/c14-12-2-1-10(9-11(12)13(16)17)21(18,19)8-5-15-3-6-20-7-4-15/h1-2,9H,3-8H2,(H,16,17). The molecule has 21 heavy (non-hydrogen) atoms. The van der Waals surface area contributed by atoms with Gasteiger partial charge in [0.1, 0.15) is 5.82 Å². The lowest BCUT2D eigenvalue weighted by molar-refractivity contribution is 0.0408. The van der Waals surface area contributed by atoms with Crippen LogP contribution in [-0.2, 0) is 14.6 Å². The van der Waals surface area contributed by atoms with E-state index in [4.69, 9.17) is 9.84 Å². The predicted molar refractivity (Wildman–Crippen MR) is 72.7 cm³/mol. The van der Waals surface area contributed by atoms with Crippen LogP contribution in [0.2, 0.25) is 0 Å². The zero-order chi connectivity index (χ0) is 15.5. The van der Waals surface area contributed by atoms with Crippen molar-refractivity contribution in [2.75, 3.05) is 38.6 Å². The predicted octanol–water partition coefficient (Wildman–Crippen LogP) is 0.630. The number of aromatic carboxylic acids is 1. The minimum absolute atomic E-state index is 0.141. The summed E-state index contributed by atoms with van der Waals surface area (Å²) in [4.78, 5) is 12.6. The molecule has 0 atom stereocenters. The van der Waals surface area contributed by atoms with Gasteiger partial charge in [0.05, 0.1) is 29.4 Å². The minimum Gasteiger partial charge on any atom is -0.478 e. The van der Waals surface area contributed by atoms with E-state index in [1.807, 2.05) is 4.90 Å². The van der Waals surface area contributed by atoms with Crippen molar-refractivity contribution < 1.29 is 27.4 Å². The van der Waals surface area contributed by atoms with E-state index in [0.29, 0.717) is 32.8 Å². The molecule has 0 aliphatic carbocycles. The van der Waals surface area contributed by atoms with E-state index in [9.17, 15) is 17.6 Å². The molecular weight excluding hydrogens is 301 g/mol. The summed E-state index contributed by atoms with van der Waals surface area (Å²) in [7, 11) is -3.64. The molecule has 1 aliphatic heterocycles. The van der Waals surface area contributed by atoms with Gasteiger partial charge >= 0.3 is 5.97 Å². The summed E-state index contributed by atoms with van der Waals surface area (Å²) in [6.45, 7) is 2.81. The van der Waals surface area contributed by atoms with Crippen molar-refractivity contribution in [1.82, 2.24) is 4.90 Å². The van der Waals surface area contributed by atoms with Crippen molar-refractivity contribution in [3.8, 4) is 0 Å². The highest BCUT2D eigenvalue weighted by molar-refractivity contribution is 7.91. The average Bonchev–Trinajstić information content (AvgIpc) is 2.46. The van der Waals surface area contributed by atoms with Crippen LogP contribution in [0, 0.1) is 5.82 Å². The normalized spacial score (nSPS) is 16.8. The molecule has 0 unspecified atom stereocenters. The molecule has 1 aromatic rings. The van der Waals surface area contributed by atoms with Gasteiger partial charge in [-0.3, -0.25) is 4.90 Å². The van der Waals surface area contributed by atoms with E-state index in [-0.39, 0.29) is 10.6 Å². The van der Waals surface area contributed by atoms with Crippen molar-refractivity contribution in [2.24, 2.45) is 0 Å². The first-order chi connectivity index (χ1) is 9.90. The van der Waals surface area contributed by atoms with Crippen molar-refractivity contribution >= 4 is 15.8 Å². The summed E-state index contributed by atoms with van der Waals surface area (Å²) < 4.78 is 42.8. The second-order valence-corrected chi connectivity index (χ2v) is 6.83. The third-order valence-electron chi connectivity index (χ3n) is 3.31. The molecule has 116 valence electrons. The Kier molecular flexibility index (Phi) is 4.92. The molecule has 0 spiro atoms. The lowest BCUT2D eigenvalue weighted by Gasteiger charge is -2.26. The number of carboxylic acid groups (broad SMARTS) is 1. The number of halogens is 1. The van der Waals surface area contributed by atoms with Gasteiger partial charge in [-0.15, -0.1) is 0 Å². The van der Waals surface area contributed by atoms with Gasteiger partial charge in [0.2, 0.25) is 0 Å². The fraction of sp³-hybridized carbons (Fsp3) is 0.462. The number of hydrogen-bond acceptors (Lipinski definition) is 5. The summed E-state index contributed by atoms with van der Waals surface area (Å²) in [5.74, 6) is -2.58. The van der Waals surface area contributed by atoms with E-state index in [1.165, 1.54) is 0 Å². The Morgan fingerprint density at radius 3 is 2.62 bits per heavy atom. The van der Waals surface area contributed by atoms with Crippen molar-refractivity contribution in [1.29, 1.82) is 0 Å². The van der Waals surface area contributed by atoms with Crippen LogP contribution in [-0.4, -0.2) is 63.0 Å². The third-order valence-corrected chi connectivity index (χ3v) is 5.00. The number of ether oxygens (including phenoxy) is 1. The summed E-state index contributed by atoms with van der Waals surface area (Å²) in [6.07, 6.45) is 0. The van der Waals surface area contributed by atoms with Gasteiger partial charge < -0.3 is 9.84 Å². The topological polar surface area (TPSA) is 83.9 Å². The number of rotatable bonds is 5. The molecule has 2 rings (SSSR count). The van der Waals surface area contributed by atoms with Gasteiger partial charge in [-0.05, 0) is 18.2 Å². The fourth-order valence-corrected chi connectivity index (χ4v) is 3.36. The van der Waals surface area contributed by atoms with Crippen molar-refractivity contribution in [3.05, 3.63) is 29.6 Å². The molecule has 8 heteroatoms. The highest BCUT2D eigenvalue weighted by atomic mass is 32.2. The number of hydrogen-bond donors (Lipinski definition) is 1. The molecule has 1 fully saturated rings. The largest absolute Gasteiger partial charge is 0.478 e. The second-order valence-electron chi connectivity index (χ2n) is 4.72. The SMILES string of the molecule is O=C(O)c1cc(S(=O)(=O)CCN2CCOCC2)ccc1F. The molecule has 1 saturated heterocycles. The van der Waals surface area contributed by atoms with E-state index in [0.717, 1.165) is 18.2 Å².